The van der Waals surface area contributed by atoms with Crippen LogP contribution in [0.2, 0.25) is 0 Å². The first kappa shape index (κ1) is 20.7. The van der Waals surface area contributed by atoms with E-state index in [0.29, 0.717) is 47.7 Å². The van der Waals surface area contributed by atoms with Crippen molar-refractivity contribution in [1.29, 1.82) is 0 Å². The van der Waals surface area contributed by atoms with Crippen molar-refractivity contribution in [3.63, 3.8) is 0 Å². The standard InChI is InChI=1S/C21H21N7O3.ClH/c29-17(10-14-12-23-28-5-1-4-22-20(14)28)24-15-11-16-19(25-18(15)13-2-3-13)26-21(31-16)27-6-8-30-9-7-27;/h1,4-5,11-13H,2-3,6-10H2,(H,24,29);1H. The van der Waals surface area contributed by atoms with Gasteiger partial charge < -0.3 is 19.4 Å². The fourth-order valence-electron chi connectivity index (χ4n) is 3.89. The number of carbonyl (C=O) groups is 1. The highest BCUT2D eigenvalue weighted by Gasteiger charge is 2.30. The predicted octanol–water partition coefficient (Wildman–Crippen LogP) is 2.58. The highest BCUT2D eigenvalue weighted by Crippen LogP contribution is 2.43. The van der Waals surface area contributed by atoms with Crippen molar-refractivity contribution in [3.05, 3.63) is 42.0 Å². The molecule has 0 spiro atoms. The lowest BCUT2D eigenvalue weighted by Gasteiger charge is -2.24. The van der Waals surface area contributed by atoms with Gasteiger partial charge in [0.15, 0.2) is 11.2 Å². The summed E-state index contributed by atoms with van der Waals surface area (Å²) in [4.78, 5) is 28.5. The summed E-state index contributed by atoms with van der Waals surface area (Å²) < 4.78 is 13.0. The molecule has 0 radical (unpaired) electrons. The van der Waals surface area contributed by atoms with E-state index in [0.717, 1.165) is 37.2 Å². The van der Waals surface area contributed by atoms with Crippen LogP contribution in [-0.2, 0) is 16.0 Å². The van der Waals surface area contributed by atoms with E-state index in [1.807, 2.05) is 12.3 Å². The average Bonchev–Trinajstić information content (AvgIpc) is 3.44. The Morgan fingerprint density at radius 1 is 1.22 bits per heavy atom. The smallest absolute Gasteiger partial charge is 0.300 e. The zero-order chi connectivity index (χ0) is 20.8. The monoisotopic (exact) mass is 455 g/mol. The van der Waals surface area contributed by atoms with Crippen LogP contribution < -0.4 is 10.2 Å². The van der Waals surface area contributed by atoms with Crippen LogP contribution in [0.3, 0.4) is 0 Å². The number of carbonyl (C=O) groups excluding carboxylic acids is 1. The van der Waals surface area contributed by atoms with Crippen molar-refractivity contribution < 1.29 is 13.9 Å². The lowest BCUT2D eigenvalue weighted by molar-refractivity contribution is -0.115. The van der Waals surface area contributed by atoms with Gasteiger partial charge in [-0.15, -0.1) is 12.4 Å². The molecule has 166 valence electrons. The normalized spacial score (nSPS) is 16.3. The second-order valence-electron chi connectivity index (χ2n) is 7.90. The number of anilines is 2. The highest BCUT2D eigenvalue weighted by molar-refractivity contribution is 5.95. The van der Waals surface area contributed by atoms with Crippen molar-refractivity contribution >= 4 is 46.9 Å². The molecule has 4 aromatic heterocycles. The lowest BCUT2D eigenvalue weighted by Crippen LogP contribution is -2.36. The number of amides is 1. The van der Waals surface area contributed by atoms with Crippen molar-refractivity contribution in [2.24, 2.45) is 0 Å². The van der Waals surface area contributed by atoms with E-state index in [-0.39, 0.29) is 24.7 Å². The van der Waals surface area contributed by atoms with Crippen LogP contribution >= 0.6 is 12.4 Å². The van der Waals surface area contributed by atoms with Gasteiger partial charge >= 0.3 is 0 Å². The van der Waals surface area contributed by atoms with E-state index in [2.05, 4.69) is 25.3 Å². The Morgan fingerprint density at radius 3 is 2.88 bits per heavy atom. The van der Waals surface area contributed by atoms with Crippen LogP contribution in [0.5, 0.6) is 0 Å². The van der Waals surface area contributed by atoms with Gasteiger partial charge in [0.05, 0.1) is 37.2 Å². The number of pyridine rings is 1. The molecule has 2 fully saturated rings. The van der Waals surface area contributed by atoms with Gasteiger partial charge in [-0.1, -0.05) is 0 Å². The van der Waals surface area contributed by atoms with Crippen LogP contribution in [0.4, 0.5) is 11.7 Å². The average molecular weight is 456 g/mol. The van der Waals surface area contributed by atoms with E-state index in [1.54, 1.807) is 23.0 Å². The quantitative estimate of drug-likeness (QED) is 0.489. The maximum Gasteiger partial charge on any atom is 0.300 e. The first-order valence-corrected chi connectivity index (χ1v) is 10.5. The number of rotatable bonds is 5. The van der Waals surface area contributed by atoms with E-state index >= 15 is 0 Å². The summed E-state index contributed by atoms with van der Waals surface area (Å²) in [5, 5.41) is 7.28. The summed E-state index contributed by atoms with van der Waals surface area (Å²) >= 11 is 0. The fraction of sp³-hybridized carbons (Fsp3) is 0.381. The van der Waals surface area contributed by atoms with Gasteiger partial charge in [-0.3, -0.25) is 4.79 Å². The SMILES string of the molecule is Cl.O=C(Cc1cnn2cccnc12)Nc1cc2oc(N3CCOCC3)nc2nc1C1CC1. The molecular formula is C21H22ClN7O3. The number of aromatic nitrogens is 5. The Morgan fingerprint density at radius 2 is 2.06 bits per heavy atom. The minimum atomic E-state index is -0.142. The van der Waals surface area contributed by atoms with Gasteiger partial charge in [0, 0.05) is 43.0 Å². The maximum absolute atomic E-state index is 12.8. The number of fused-ring (bicyclic) bond motifs is 2. The van der Waals surface area contributed by atoms with Crippen LogP contribution in [0.25, 0.3) is 16.9 Å². The van der Waals surface area contributed by atoms with Crippen molar-refractivity contribution in [2.75, 3.05) is 36.5 Å². The van der Waals surface area contributed by atoms with Crippen LogP contribution in [0, 0.1) is 0 Å². The molecule has 2 aliphatic rings. The van der Waals surface area contributed by atoms with E-state index < -0.39 is 0 Å². The molecule has 1 amide bonds. The molecule has 5 heterocycles. The Bertz CT molecular complexity index is 1280. The second-order valence-corrected chi connectivity index (χ2v) is 7.90. The van der Waals surface area contributed by atoms with Crippen molar-refractivity contribution in [2.45, 2.75) is 25.2 Å². The van der Waals surface area contributed by atoms with E-state index in [4.69, 9.17) is 14.1 Å². The van der Waals surface area contributed by atoms with Gasteiger partial charge in [0.25, 0.3) is 6.01 Å². The molecule has 1 aliphatic heterocycles. The number of halogens is 1. The molecule has 1 N–H and O–H groups in total. The van der Waals surface area contributed by atoms with Gasteiger partial charge in [-0.2, -0.15) is 10.1 Å². The van der Waals surface area contributed by atoms with E-state index in [1.165, 1.54) is 0 Å². The lowest BCUT2D eigenvalue weighted by atomic mass is 10.2. The van der Waals surface area contributed by atoms with Crippen LogP contribution in [0.15, 0.2) is 35.1 Å². The molecule has 4 aromatic rings. The number of oxazole rings is 1. The summed E-state index contributed by atoms with van der Waals surface area (Å²) in [6.07, 6.45) is 7.48. The number of hydrogen-bond acceptors (Lipinski definition) is 8. The molecule has 0 atom stereocenters. The number of nitrogens with one attached hydrogen (secondary N) is 1. The zero-order valence-electron chi connectivity index (χ0n) is 17.2. The second kappa shape index (κ2) is 8.36. The number of ether oxygens (including phenoxy) is 1. The van der Waals surface area contributed by atoms with Crippen molar-refractivity contribution in [3.8, 4) is 0 Å². The molecule has 1 aliphatic carbocycles. The Hall–Kier alpha value is -3.24. The third kappa shape index (κ3) is 3.87. The number of hydrogen-bond donors (Lipinski definition) is 1. The molecule has 1 saturated heterocycles. The molecule has 6 rings (SSSR count). The number of morpholine rings is 1. The summed E-state index contributed by atoms with van der Waals surface area (Å²) in [5.41, 5.74) is 4.16. The first-order valence-electron chi connectivity index (χ1n) is 10.5. The molecule has 0 aromatic carbocycles. The van der Waals surface area contributed by atoms with E-state index in [9.17, 15) is 4.79 Å². The zero-order valence-corrected chi connectivity index (χ0v) is 18.0. The van der Waals surface area contributed by atoms with Gasteiger partial charge in [0.1, 0.15) is 0 Å². The summed E-state index contributed by atoms with van der Waals surface area (Å²) in [7, 11) is 0. The third-order valence-electron chi connectivity index (χ3n) is 5.62. The molecule has 11 heteroatoms. The summed E-state index contributed by atoms with van der Waals surface area (Å²) in [6.45, 7) is 2.78. The Kier molecular flexibility index (Phi) is 5.40. The summed E-state index contributed by atoms with van der Waals surface area (Å²) in [5.74, 6) is 0.207. The topological polar surface area (TPSA) is 111 Å². The Labute approximate surface area is 189 Å². The van der Waals surface area contributed by atoms with Gasteiger partial charge in [-0.05, 0) is 18.9 Å². The van der Waals surface area contributed by atoms with Gasteiger partial charge in [0.2, 0.25) is 11.6 Å². The molecule has 32 heavy (non-hydrogen) atoms. The predicted molar refractivity (Wildman–Crippen MR) is 119 cm³/mol. The highest BCUT2D eigenvalue weighted by atomic mass is 35.5. The summed E-state index contributed by atoms with van der Waals surface area (Å²) in [6, 6.07) is 4.20. The first-order chi connectivity index (χ1) is 15.2. The molecule has 0 unspecified atom stereocenters. The molecule has 0 bridgehead atoms. The minimum absolute atomic E-state index is 0. The Balaban J connectivity index is 0.00000216. The third-order valence-corrected chi connectivity index (χ3v) is 5.62. The molecule has 10 nitrogen and oxygen atoms in total. The maximum atomic E-state index is 12.8. The largest absolute Gasteiger partial charge is 0.422 e. The molecule has 1 saturated carbocycles. The fourth-order valence-corrected chi connectivity index (χ4v) is 3.89. The van der Waals surface area contributed by atoms with Crippen LogP contribution in [0.1, 0.15) is 30.0 Å². The number of nitrogens with zero attached hydrogens (tertiary/aromatic N) is 6. The minimum Gasteiger partial charge on any atom is -0.422 e. The van der Waals surface area contributed by atoms with Crippen molar-refractivity contribution in [1.82, 2.24) is 24.6 Å². The van der Waals surface area contributed by atoms with Gasteiger partial charge in [-0.25, -0.2) is 14.5 Å². The molecular weight excluding hydrogens is 434 g/mol. The van der Waals surface area contributed by atoms with Crippen LogP contribution in [-0.4, -0.2) is 56.8 Å².